The Hall–Kier alpha value is -2.33. The molecule has 0 radical (unpaired) electrons. The molecule has 0 bridgehead atoms. The molecule has 2 aromatic carbocycles. The average molecular weight is 439 g/mol. The van der Waals surface area contributed by atoms with E-state index in [4.69, 9.17) is 4.74 Å². The van der Waals surface area contributed by atoms with E-state index in [0.29, 0.717) is 18.9 Å². The molecule has 0 saturated heterocycles. The lowest BCUT2D eigenvalue weighted by Gasteiger charge is -2.29. The Morgan fingerprint density at radius 2 is 1.53 bits per heavy atom. The Kier molecular flexibility index (Phi) is 11.3. The van der Waals surface area contributed by atoms with E-state index in [1.54, 1.807) is 0 Å². The zero-order valence-electron chi connectivity index (χ0n) is 20.7. The predicted molar refractivity (Wildman–Crippen MR) is 135 cm³/mol. The largest absolute Gasteiger partial charge is 0.466 e. The highest BCUT2D eigenvalue weighted by molar-refractivity contribution is 5.69. The molecule has 0 aliphatic rings. The number of para-hydroxylation sites is 1. The van der Waals surface area contributed by atoms with Crippen molar-refractivity contribution in [3.05, 3.63) is 65.2 Å². The van der Waals surface area contributed by atoms with Crippen LogP contribution in [-0.2, 0) is 9.53 Å². The van der Waals surface area contributed by atoms with E-state index in [0.717, 1.165) is 38.8 Å². The zero-order valence-corrected chi connectivity index (χ0v) is 20.7. The van der Waals surface area contributed by atoms with Crippen LogP contribution < -0.4 is 10.2 Å². The third-order valence-corrected chi connectivity index (χ3v) is 6.02. The van der Waals surface area contributed by atoms with Gasteiger partial charge in [-0.25, -0.2) is 0 Å². The minimum Gasteiger partial charge on any atom is -0.466 e. The van der Waals surface area contributed by atoms with Crippen LogP contribution in [0.15, 0.2) is 48.5 Å². The van der Waals surface area contributed by atoms with Crippen LogP contribution in [0.5, 0.6) is 0 Å². The summed E-state index contributed by atoms with van der Waals surface area (Å²) in [6, 6.07) is 17.7. The van der Waals surface area contributed by atoms with Gasteiger partial charge in [0, 0.05) is 25.7 Å². The molecule has 176 valence electrons. The highest BCUT2D eigenvalue weighted by Gasteiger charge is 2.21. The molecule has 0 saturated carbocycles. The van der Waals surface area contributed by atoms with E-state index < -0.39 is 0 Å². The van der Waals surface area contributed by atoms with Crippen molar-refractivity contribution >= 4 is 11.7 Å². The first-order chi connectivity index (χ1) is 15.5. The van der Waals surface area contributed by atoms with Crippen molar-refractivity contribution in [2.24, 2.45) is 0 Å². The number of nitrogens with zero attached hydrogens (tertiary/aromatic N) is 1. The Balaban J connectivity index is 2.12. The van der Waals surface area contributed by atoms with E-state index in [2.05, 4.69) is 86.6 Å². The quantitative estimate of drug-likeness (QED) is 0.271. The van der Waals surface area contributed by atoms with Crippen molar-refractivity contribution in [2.45, 2.75) is 71.8 Å². The zero-order chi connectivity index (χ0) is 23.3. The van der Waals surface area contributed by atoms with Crippen molar-refractivity contribution < 1.29 is 9.53 Å². The molecule has 1 N–H and O–H groups in total. The van der Waals surface area contributed by atoms with Crippen LogP contribution in [0, 0.1) is 0 Å². The van der Waals surface area contributed by atoms with Crippen LogP contribution in [0.25, 0.3) is 0 Å². The number of esters is 1. The van der Waals surface area contributed by atoms with Gasteiger partial charge in [0.2, 0.25) is 0 Å². The molecule has 0 heterocycles. The van der Waals surface area contributed by atoms with Gasteiger partial charge in [-0.15, -0.1) is 0 Å². The van der Waals surface area contributed by atoms with Crippen LogP contribution in [-0.4, -0.2) is 32.7 Å². The fourth-order valence-electron chi connectivity index (χ4n) is 4.16. The van der Waals surface area contributed by atoms with Gasteiger partial charge in [-0.3, -0.25) is 4.79 Å². The summed E-state index contributed by atoms with van der Waals surface area (Å²) in [5.41, 5.74) is 5.36. The lowest BCUT2D eigenvalue weighted by Crippen LogP contribution is -2.27. The van der Waals surface area contributed by atoms with Gasteiger partial charge in [0.25, 0.3) is 0 Å². The van der Waals surface area contributed by atoms with Gasteiger partial charge in [0.05, 0.1) is 12.6 Å². The molecular weight excluding hydrogens is 396 g/mol. The maximum atomic E-state index is 11.5. The number of nitrogens with one attached hydrogen (secondary N) is 1. The normalized spacial score (nSPS) is 12.1. The van der Waals surface area contributed by atoms with Gasteiger partial charge in [-0.1, -0.05) is 69.2 Å². The molecule has 0 aliphatic heterocycles. The molecule has 0 fully saturated rings. The number of benzene rings is 2. The molecule has 4 heteroatoms. The topological polar surface area (TPSA) is 41.6 Å². The average Bonchev–Trinajstić information content (AvgIpc) is 2.80. The third-order valence-electron chi connectivity index (χ3n) is 6.02. The van der Waals surface area contributed by atoms with Crippen molar-refractivity contribution in [1.29, 1.82) is 0 Å². The van der Waals surface area contributed by atoms with E-state index in [1.165, 1.54) is 22.4 Å². The summed E-state index contributed by atoms with van der Waals surface area (Å²) in [4.78, 5) is 13.8. The third kappa shape index (κ3) is 7.67. The predicted octanol–water partition coefficient (Wildman–Crippen LogP) is 6.46. The molecule has 2 aromatic rings. The van der Waals surface area contributed by atoms with E-state index >= 15 is 0 Å². The number of ether oxygens (including phenoxy) is 1. The number of carbonyl (C=O) groups is 1. The van der Waals surface area contributed by atoms with Crippen LogP contribution in [0.1, 0.15) is 88.4 Å². The maximum absolute atomic E-state index is 11.5. The molecule has 4 nitrogen and oxygen atoms in total. The summed E-state index contributed by atoms with van der Waals surface area (Å²) >= 11 is 0. The highest BCUT2D eigenvalue weighted by Crippen LogP contribution is 2.34. The highest BCUT2D eigenvalue weighted by atomic mass is 16.5. The van der Waals surface area contributed by atoms with Crippen molar-refractivity contribution in [1.82, 2.24) is 5.32 Å². The number of rotatable bonds is 14. The second-order valence-electron chi connectivity index (χ2n) is 8.71. The molecule has 32 heavy (non-hydrogen) atoms. The van der Waals surface area contributed by atoms with E-state index in [9.17, 15) is 4.79 Å². The summed E-state index contributed by atoms with van der Waals surface area (Å²) < 4.78 is 5.01. The first-order valence-electron chi connectivity index (χ1n) is 12.3. The van der Waals surface area contributed by atoms with Crippen molar-refractivity contribution in [2.75, 3.05) is 31.6 Å². The van der Waals surface area contributed by atoms with Crippen molar-refractivity contribution in [3.63, 3.8) is 0 Å². The minimum absolute atomic E-state index is 0.0763. The number of carbonyl (C=O) groups excluding carboxylic acids is 1. The van der Waals surface area contributed by atoms with Gasteiger partial charge in [0.15, 0.2) is 0 Å². The Labute approximate surface area is 195 Å². The van der Waals surface area contributed by atoms with Gasteiger partial charge in [-0.05, 0) is 61.9 Å². The molecular formula is C28H42N2O2. The van der Waals surface area contributed by atoms with Gasteiger partial charge < -0.3 is 15.0 Å². The van der Waals surface area contributed by atoms with Gasteiger partial charge in [-0.2, -0.15) is 0 Å². The van der Waals surface area contributed by atoms with Gasteiger partial charge in [0.1, 0.15) is 0 Å². The SMILES string of the molecule is CCOC(=O)CCCCCCNC(c1ccccc1C(C)C)c1ccccc1N(C)CC. The van der Waals surface area contributed by atoms with Crippen LogP contribution >= 0.6 is 0 Å². The molecule has 1 atom stereocenters. The minimum atomic E-state index is -0.0763. The van der Waals surface area contributed by atoms with Crippen molar-refractivity contribution in [3.8, 4) is 0 Å². The Morgan fingerprint density at radius 1 is 0.906 bits per heavy atom. The van der Waals surface area contributed by atoms with Gasteiger partial charge >= 0.3 is 5.97 Å². The van der Waals surface area contributed by atoms with Crippen LogP contribution in [0.3, 0.4) is 0 Å². The summed E-state index contributed by atoms with van der Waals surface area (Å²) in [7, 11) is 2.16. The summed E-state index contributed by atoms with van der Waals surface area (Å²) in [5.74, 6) is 0.391. The number of hydrogen-bond acceptors (Lipinski definition) is 4. The maximum Gasteiger partial charge on any atom is 0.305 e. The van der Waals surface area contributed by atoms with E-state index in [1.807, 2.05) is 6.92 Å². The standard InChI is InChI=1S/C28H42N2O2/c1-6-30(5)26-19-14-13-18-25(26)28(24-17-12-11-16-23(24)22(3)4)29-21-15-9-8-10-20-27(31)32-7-2/h11-14,16-19,22,28-29H,6-10,15,20-21H2,1-5H3. The monoisotopic (exact) mass is 438 g/mol. The molecule has 0 amide bonds. The van der Waals surface area contributed by atoms with Crippen LogP contribution in [0.4, 0.5) is 5.69 Å². The molecule has 0 aromatic heterocycles. The Morgan fingerprint density at radius 3 is 2.19 bits per heavy atom. The molecule has 0 spiro atoms. The number of anilines is 1. The molecule has 1 unspecified atom stereocenters. The first kappa shape index (κ1) is 25.9. The number of hydrogen-bond donors (Lipinski definition) is 1. The fraction of sp³-hybridized carbons (Fsp3) is 0.536. The summed E-state index contributed by atoms with van der Waals surface area (Å²) in [6.45, 7) is 11.0. The first-order valence-corrected chi connectivity index (χ1v) is 12.3. The second-order valence-corrected chi connectivity index (χ2v) is 8.71. The fourth-order valence-corrected chi connectivity index (χ4v) is 4.16. The molecule has 0 aliphatic carbocycles. The smallest absolute Gasteiger partial charge is 0.305 e. The lowest BCUT2D eigenvalue weighted by atomic mass is 9.88. The lowest BCUT2D eigenvalue weighted by molar-refractivity contribution is -0.143. The second kappa shape index (κ2) is 13.9. The van der Waals surface area contributed by atoms with E-state index in [-0.39, 0.29) is 12.0 Å². The molecule has 2 rings (SSSR count). The Bertz CT molecular complexity index is 819. The summed E-state index contributed by atoms with van der Waals surface area (Å²) in [5, 5.41) is 3.87. The number of unbranched alkanes of at least 4 members (excludes halogenated alkanes) is 3. The van der Waals surface area contributed by atoms with Crippen LogP contribution in [0.2, 0.25) is 0 Å². The summed E-state index contributed by atoms with van der Waals surface area (Å²) in [6.07, 6.45) is 4.70.